The Hall–Kier alpha value is -1.66. The van der Waals surface area contributed by atoms with Crippen molar-refractivity contribution in [3.8, 4) is 5.75 Å². The van der Waals surface area contributed by atoms with Crippen LogP contribution in [0.5, 0.6) is 5.75 Å². The van der Waals surface area contributed by atoms with Crippen molar-refractivity contribution in [1.29, 1.82) is 0 Å². The molecule has 6 heteroatoms. The van der Waals surface area contributed by atoms with Gasteiger partial charge in [0, 0.05) is 19.2 Å². The van der Waals surface area contributed by atoms with Crippen LogP contribution < -0.4 is 10.1 Å². The SMILES string of the molecule is CNC(=O)CN(C)[C@@H]1CCC[C@H](Oc2cccc(F)c2)[C@H]1O. The van der Waals surface area contributed by atoms with E-state index in [-0.39, 0.29) is 24.3 Å². The van der Waals surface area contributed by atoms with Crippen LogP contribution in [0.3, 0.4) is 0 Å². The van der Waals surface area contributed by atoms with Crippen LogP contribution in [0, 0.1) is 5.82 Å². The maximum Gasteiger partial charge on any atom is 0.233 e. The number of carbonyl (C=O) groups excluding carboxylic acids is 1. The number of halogens is 1. The molecule has 5 nitrogen and oxygen atoms in total. The highest BCUT2D eigenvalue weighted by Crippen LogP contribution is 2.27. The third-order valence-electron chi connectivity index (χ3n) is 4.09. The second-order valence-electron chi connectivity index (χ2n) is 5.69. The van der Waals surface area contributed by atoms with Crippen molar-refractivity contribution in [1.82, 2.24) is 10.2 Å². The molecular formula is C16H23FN2O3. The van der Waals surface area contributed by atoms with Gasteiger partial charge in [-0.15, -0.1) is 0 Å². The number of carbonyl (C=O) groups is 1. The van der Waals surface area contributed by atoms with Gasteiger partial charge in [0.15, 0.2) is 0 Å². The van der Waals surface area contributed by atoms with Gasteiger partial charge in [-0.25, -0.2) is 4.39 Å². The number of aliphatic hydroxyl groups excluding tert-OH is 1. The first-order valence-corrected chi connectivity index (χ1v) is 7.52. The summed E-state index contributed by atoms with van der Waals surface area (Å²) in [5.74, 6) is -0.0439. The summed E-state index contributed by atoms with van der Waals surface area (Å²) in [5, 5.41) is 13.1. The number of nitrogens with zero attached hydrogens (tertiary/aromatic N) is 1. The highest BCUT2D eigenvalue weighted by molar-refractivity contribution is 5.77. The summed E-state index contributed by atoms with van der Waals surface area (Å²) in [5.41, 5.74) is 0. The first-order valence-electron chi connectivity index (χ1n) is 7.52. The summed E-state index contributed by atoms with van der Waals surface area (Å²) in [6.07, 6.45) is 1.29. The molecule has 0 radical (unpaired) electrons. The molecule has 1 aliphatic rings. The number of likely N-dealkylation sites (N-methyl/N-ethyl adjacent to an activating group) is 2. The molecule has 2 N–H and O–H groups in total. The molecule has 1 aromatic rings. The number of amides is 1. The predicted octanol–water partition coefficient (Wildman–Crippen LogP) is 1.16. The molecule has 22 heavy (non-hydrogen) atoms. The first kappa shape index (κ1) is 16.7. The minimum absolute atomic E-state index is 0.0946. The van der Waals surface area contributed by atoms with Gasteiger partial charge in [-0.2, -0.15) is 0 Å². The molecule has 3 atom stereocenters. The van der Waals surface area contributed by atoms with E-state index in [9.17, 15) is 14.3 Å². The van der Waals surface area contributed by atoms with Gasteiger partial charge < -0.3 is 15.2 Å². The predicted molar refractivity (Wildman–Crippen MR) is 81.2 cm³/mol. The zero-order chi connectivity index (χ0) is 16.1. The number of hydrogen-bond donors (Lipinski definition) is 2. The molecule has 0 bridgehead atoms. The monoisotopic (exact) mass is 310 g/mol. The molecule has 1 fully saturated rings. The van der Waals surface area contributed by atoms with Crippen LogP contribution in [0.2, 0.25) is 0 Å². The van der Waals surface area contributed by atoms with Crippen molar-refractivity contribution in [3.05, 3.63) is 30.1 Å². The summed E-state index contributed by atoms with van der Waals surface area (Å²) in [6.45, 7) is 0.227. The van der Waals surface area contributed by atoms with E-state index in [1.54, 1.807) is 19.2 Å². The van der Waals surface area contributed by atoms with E-state index in [0.717, 1.165) is 12.8 Å². The Bertz CT molecular complexity index is 512. The van der Waals surface area contributed by atoms with Gasteiger partial charge >= 0.3 is 0 Å². The van der Waals surface area contributed by atoms with Crippen LogP contribution in [0.1, 0.15) is 19.3 Å². The van der Waals surface area contributed by atoms with E-state index < -0.39 is 12.2 Å². The zero-order valence-electron chi connectivity index (χ0n) is 13.0. The lowest BCUT2D eigenvalue weighted by atomic mass is 9.89. The largest absolute Gasteiger partial charge is 0.488 e. The number of nitrogens with one attached hydrogen (secondary N) is 1. The standard InChI is InChI=1S/C16H23FN2O3/c1-18-15(20)10-19(2)13-7-4-8-14(16(13)21)22-12-6-3-5-11(17)9-12/h3,5-6,9,13-14,16,21H,4,7-8,10H2,1-2H3,(H,18,20)/t13-,14+,16+/m1/s1. The number of ether oxygens (including phenoxy) is 1. The van der Waals surface area contributed by atoms with E-state index in [2.05, 4.69) is 5.32 Å². The summed E-state index contributed by atoms with van der Waals surface area (Å²) in [4.78, 5) is 13.3. The molecule has 2 rings (SSSR count). The zero-order valence-corrected chi connectivity index (χ0v) is 13.0. The minimum atomic E-state index is -0.716. The molecule has 0 heterocycles. The Morgan fingerprint density at radius 3 is 2.95 bits per heavy atom. The molecule has 1 saturated carbocycles. The lowest BCUT2D eigenvalue weighted by Gasteiger charge is -2.39. The number of hydrogen-bond acceptors (Lipinski definition) is 4. The summed E-state index contributed by atoms with van der Waals surface area (Å²) in [7, 11) is 3.40. The highest BCUT2D eigenvalue weighted by atomic mass is 19.1. The van der Waals surface area contributed by atoms with Gasteiger partial charge in [0.25, 0.3) is 0 Å². The molecule has 1 amide bonds. The molecule has 1 aromatic carbocycles. The van der Waals surface area contributed by atoms with Crippen LogP contribution >= 0.6 is 0 Å². The van der Waals surface area contributed by atoms with Crippen molar-refractivity contribution in [2.24, 2.45) is 0 Å². The Labute approximate surface area is 130 Å². The molecule has 0 saturated heterocycles. The van der Waals surface area contributed by atoms with Crippen LogP contribution in [0.15, 0.2) is 24.3 Å². The minimum Gasteiger partial charge on any atom is -0.488 e. The van der Waals surface area contributed by atoms with Gasteiger partial charge in [0.2, 0.25) is 5.91 Å². The fraction of sp³-hybridized carbons (Fsp3) is 0.562. The molecule has 122 valence electrons. The molecule has 0 aromatic heterocycles. The average molecular weight is 310 g/mol. The number of aliphatic hydroxyl groups is 1. The van der Waals surface area contributed by atoms with Crippen LogP contribution in [-0.2, 0) is 4.79 Å². The summed E-state index contributed by atoms with van der Waals surface area (Å²) >= 11 is 0. The fourth-order valence-corrected chi connectivity index (χ4v) is 2.87. The average Bonchev–Trinajstić information content (AvgIpc) is 2.49. The smallest absolute Gasteiger partial charge is 0.233 e. The van der Waals surface area contributed by atoms with Crippen molar-refractivity contribution >= 4 is 5.91 Å². The van der Waals surface area contributed by atoms with Crippen molar-refractivity contribution in [2.45, 2.75) is 37.5 Å². The fourth-order valence-electron chi connectivity index (χ4n) is 2.87. The third-order valence-corrected chi connectivity index (χ3v) is 4.09. The highest BCUT2D eigenvalue weighted by Gasteiger charge is 2.36. The van der Waals surface area contributed by atoms with Gasteiger partial charge in [0.1, 0.15) is 23.8 Å². The van der Waals surface area contributed by atoms with E-state index >= 15 is 0 Å². The van der Waals surface area contributed by atoms with Crippen molar-refractivity contribution in [3.63, 3.8) is 0 Å². The Kier molecular flexibility index (Phi) is 5.74. The van der Waals surface area contributed by atoms with Crippen molar-refractivity contribution < 1.29 is 19.0 Å². The maximum atomic E-state index is 13.2. The van der Waals surface area contributed by atoms with E-state index in [1.807, 2.05) is 11.9 Å². The lowest BCUT2D eigenvalue weighted by Crippen LogP contribution is -2.53. The van der Waals surface area contributed by atoms with Crippen molar-refractivity contribution in [2.75, 3.05) is 20.6 Å². The Morgan fingerprint density at radius 2 is 2.27 bits per heavy atom. The molecular weight excluding hydrogens is 287 g/mol. The second kappa shape index (κ2) is 7.56. The maximum absolute atomic E-state index is 13.2. The third kappa shape index (κ3) is 4.18. The molecule has 1 aliphatic carbocycles. The molecule has 0 unspecified atom stereocenters. The first-order chi connectivity index (χ1) is 10.5. The van der Waals surface area contributed by atoms with Gasteiger partial charge in [-0.3, -0.25) is 9.69 Å². The van der Waals surface area contributed by atoms with Crippen LogP contribution in [0.25, 0.3) is 0 Å². The Morgan fingerprint density at radius 1 is 1.50 bits per heavy atom. The van der Waals surface area contributed by atoms with E-state index in [4.69, 9.17) is 4.74 Å². The summed E-state index contributed by atoms with van der Waals surface area (Å²) in [6, 6.07) is 5.77. The van der Waals surface area contributed by atoms with E-state index in [0.29, 0.717) is 12.2 Å². The topological polar surface area (TPSA) is 61.8 Å². The van der Waals surface area contributed by atoms with Crippen LogP contribution in [0.4, 0.5) is 4.39 Å². The normalized spacial score (nSPS) is 25.0. The van der Waals surface area contributed by atoms with Gasteiger partial charge in [-0.1, -0.05) is 6.07 Å². The van der Waals surface area contributed by atoms with Gasteiger partial charge in [0.05, 0.1) is 6.54 Å². The second-order valence-corrected chi connectivity index (χ2v) is 5.69. The molecule has 0 spiro atoms. The quantitative estimate of drug-likeness (QED) is 0.857. The number of rotatable bonds is 5. The van der Waals surface area contributed by atoms with E-state index in [1.165, 1.54) is 12.1 Å². The Balaban J connectivity index is 2.00. The summed E-state index contributed by atoms with van der Waals surface area (Å²) < 4.78 is 19.0. The van der Waals surface area contributed by atoms with Gasteiger partial charge in [-0.05, 0) is 38.4 Å². The lowest BCUT2D eigenvalue weighted by molar-refractivity contribution is -0.123. The number of benzene rings is 1. The van der Waals surface area contributed by atoms with Crippen LogP contribution in [-0.4, -0.2) is 54.8 Å². The molecule has 0 aliphatic heterocycles.